The van der Waals surface area contributed by atoms with Gasteiger partial charge in [-0.15, -0.1) is 0 Å². The summed E-state index contributed by atoms with van der Waals surface area (Å²) < 4.78 is 27.2. The van der Waals surface area contributed by atoms with Crippen molar-refractivity contribution in [1.82, 2.24) is 0 Å². The molecule has 0 radical (unpaired) electrons. The van der Waals surface area contributed by atoms with Crippen molar-refractivity contribution >= 4 is 33.3 Å². The molecule has 0 atom stereocenters. The van der Waals surface area contributed by atoms with Crippen molar-refractivity contribution in [2.45, 2.75) is 4.90 Å². The van der Waals surface area contributed by atoms with Crippen molar-refractivity contribution in [3.63, 3.8) is 0 Å². The van der Waals surface area contributed by atoms with Crippen molar-refractivity contribution in [3.8, 4) is 11.5 Å². The second kappa shape index (κ2) is 8.07. The van der Waals surface area contributed by atoms with Crippen LogP contribution in [0.4, 0.5) is 11.4 Å². The number of nitrogen functional groups attached to an aromatic ring is 1. The predicted molar refractivity (Wildman–Crippen MR) is 111 cm³/mol. The van der Waals surface area contributed by atoms with Crippen LogP contribution < -0.4 is 10.5 Å². The van der Waals surface area contributed by atoms with Crippen LogP contribution in [0.3, 0.4) is 0 Å². The second-order valence-corrected chi connectivity index (χ2v) is 7.88. The first-order chi connectivity index (χ1) is 13.7. The molecule has 3 aromatic carbocycles. The average Bonchev–Trinajstić information content (AvgIpc) is 2.69. The average molecular weight is 410 g/mol. The number of nitrogens with two attached hydrogens (primary N) is 1. The van der Waals surface area contributed by atoms with Gasteiger partial charge in [0, 0.05) is 16.9 Å². The normalized spacial score (nSPS) is 11.4. The highest BCUT2D eigenvalue weighted by Crippen LogP contribution is 2.25. The lowest BCUT2D eigenvalue weighted by atomic mass is 10.1. The quantitative estimate of drug-likeness (QED) is 0.213. The van der Waals surface area contributed by atoms with Crippen molar-refractivity contribution in [3.05, 3.63) is 83.9 Å². The van der Waals surface area contributed by atoms with Crippen molar-refractivity contribution in [2.24, 2.45) is 0 Å². The summed E-state index contributed by atoms with van der Waals surface area (Å²) in [6.45, 7) is 0. The molecule has 3 rings (SSSR count). The fourth-order valence-corrected chi connectivity index (χ4v) is 3.62. The minimum atomic E-state index is -3.80. The maximum absolute atomic E-state index is 12.4. The fourth-order valence-electron chi connectivity index (χ4n) is 2.51. The summed E-state index contributed by atoms with van der Waals surface area (Å²) in [5.41, 5.74) is 7.16. The van der Waals surface area contributed by atoms with Crippen molar-refractivity contribution < 1.29 is 23.4 Å². The topological polar surface area (TPSA) is 130 Å². The minimum Gasteiger partial charge on any atom is -0.504 e. The second-order valence-electron chi connectivity index (χ2n) is 6.20. The molecule has 0 aromatic heterocycles. The molecule has 0 fully saturated rings. The molecular weight excluding hydrogens is 392 g/mol. The molecule has 0 aliphatic rings. The summed E-state index contributed by atoms with van der Waals surface area (Å²) in [6, 6.07) is 16.1. The van der Waals surface area contributed by atoms with Crippen LogP contribution in [0, 0.1) is 0 Å². The number of nitrogens with one attached hydrogen (secondary N) is 1. The van der Waals surface area contributed by atoms with Gasteiger partial charge in [-0.3, -0.25) is 9.52 Å². The van der Waals surface area contributed by atoms with Crippen molar-refractivity contribution in [1.29, 1.82) is 0 Å². The van der Waals surface area contributed by atoms with Gasteiger partial charge in [0.15, 0.2) is 17.3 Å². The van der Waals surface area contributed by atoms with E-state index in [0.29, 0.717) is 22.5 Å². The minimum absolute atomic E-state index is 0.0396. The zero-order valence-electron chi connectivity index (χ0n) is 15.1. The highest BCUT2D eigenvalue weighted by molar-refractivity contribution is 7.92. The highest BCUT2D eigenvalue weighted by Gasteiger charge is 2.14. The molecule has 5 N–H and O–H groups in total. The van der Waals surface area contributed by atoms with Gasteiger partial charge in [-0.1, -0.05) is 18.2 Å². The van der Waals surface area contributed by atoms with Crippen LogP contribution in [0.2, 0.25) is 0 Å². The first-order valence-electron chi connectivity index (χ1n) is 8.47. The first-order valence-corrected chi connectivity index (χ1v) is 9.96. The van der Waals surface area contributed by atoms with E-state index in [1.807, 2.05) is 0 Å². The van der Waals surface area contributed by atoms with E-state index in [1.54, 1.807) is 18.2 Å². The number of allylic oxidation sites excluding steroid dienone is 1. The summed E-state index contributed by atoms with van der Waals surface area (Å²) >= 11 is 0. The molecule has 0 amide bonds. The Labute approximate surface area is 167 Å². The van der Waals surface area contributed by atoms with Gasteiger partial charge in [0.25, 0.3) is 10.0 Å². The Bertz CT molecular complexity index is 1190. The molecule has 0 saturated carbocycles. The van der Waals surface area contributed by atoms with Crippen LogP contribution >= 0.6 is 0 Å². The van der Waals surface area contributed by atoms with Gasteiger partial charge in [-0.05, 0) is 66.2 Å². The van der Waals surface area contributed by atoms with Gasteiger partial charge < -0.3 is 15.9 Å². The number of rotatable bonds is 6. The summed E-state index contributed by atoms with van der Waals surface area (Å²) in [6.07, 6.45) is 2.82. The zero-order valence-corrected chi connectivity index (χ0v) is 15.9. The monoisotopic (exact) mass is 410 g/mol. The van der Waals surface area contributed by atoms with E-state index in [4.69, 9.17) is 5.73 Å². The third kappa shape index (κ3) is 4.94. The number of sulfonamides is 1. The van der Waals surface area contributed by atoms with Gasteiger partial charge in [-0.25, -0.2) is 8.42 Å². The third-order valence-electron chi connectivity index (χ3n) is 4.02. The number of phenolic OH excluding ortho intramolecular Hbond substituents is 2. The van der Waals surface area contributed by atoms with Crippen molar-refractivity contribution in [2.75, 3.05) is 10.5 Å². The lowest BCUT2D eigenvalue weighted by Crippen LogP contribution is -2.13. The number of phenols is 2. The molecule has 0 saturated heterocycles. The van der Waals surface area contributed by atoms with Gasteiger partial charge >= 0.3 is 0 Å². The Morgan fingerprint density at radius 3 is 2.31 bits per heavy atom. The van der Waals surface area contributed by atoms with Crippen LogP contribution in [-0.2, 0) is 10.0 Å². The number of aromatic hydroxyl groups is 2. The highest BCUT2D eigenvalue weighted by atomic mass is 32.2. The Morgan fingerprint density at radius 1 is 0.931 bits per heavy atom. The lowest BCUT2D eigenvalue weighted by molar-refractivity contribution is 0.104. The van der Waals surface area contributed by atoms with E-state index in [2.05, 4.69) is 4.72 Å². The number of hydrogen-bond acceptors (Lipinski definition) is 6. The number of carbonyl (C=O) groups is 1. The third-order valence-corrected chi connectivity index (χ3v) is 5.40. The standard InChI is InChI=1S/C21H18N2O5S/c22-16-2-1-3-18(13-16)29(27,28)23-17-8-6-15(7-9-17)19(24)10-4-14-5-11-20(25)21(26)12-14/h1-13,23,25-26H,22H2. The molecule has 0 heterocycles. The number of benzene rings is 3. The fraction of sp³-hybridized carbons (Fsp3) is 0. The van der Waals surface area contributed by atoms with E-state index in [0.717, 1.165) is 0 Å². The van der Waals surface area contributed by atoms with E-state index in [-0.39, 0.29) is 22.2 Å². The number of hydrogen-bond donors (Lipinski definition) is 4. The summed E-state index contributed by atoms with van der Waals surface area (Å²) in [4.78, 5) is 12.3. The first kappa shape index (κ1) is 20.0. The van der Waals surface area contributed by atoms with Gasteiger partial charge in [-0.2, -0.15) is 0 Å². The Morgan fingerprint density at radius 2 is 1.66 bits per heavy atom. The summed E-state index contributed by atoms with van der Waals surface area (Å²) in [5, 5.41) is 18.8. The van der Waals surface area contributed by atoms with Gasteiger partial charge in [0.05, 0.1) is 4.90 Å². The van der Waals surface area contributed by atoms with Gasteiger partial charge in [0.2, 0.25) is 0 Å². The number of ketones is 1. The maximum atomic E-state index is 12.4. The number of anilines is 2. The number of carbonyl (C=O) groups excluding carboxylic acids is 1. The van der Waals surface area contributed by atoms with E-state index in [9.17, 15) is 23.4 Å². The SMILES string of the molecule is Nc1cccc(S(=O)(=O)Nc2ccc(C(=O)C=Cc3ccc(O)c(O)c3)cc2)c1. The summed E-state index contributed by atoms with van der Waals surface area (Å²) in [7, 11) is -3.80. The molecular formula is C21H18N2O5S. The molecule has 0 unspecified atom stereocenters. The van der Waals surface area contributed by atoms with E-state index >= 15 is 0 Å². The van der Waals surface area contributed by atoms with Crippen LogP contribution in [0.5, 0.6) is 11.5 Å². The van der Waals surface area contributed by atoms with Crippen LogP contribution in [-0.4, -0.2) is 24.4 Å². The molecule has 0 aliphatic heterocycles. The van der Waals surface area contributed by atoms with Gasteiger partial charge in [0.1, 0.15) is 0 Å². The molecule has 0 bridgehead atoms. The Kier molecular flexibility index (Phi) is 5.56. The molecule has 29 heavy (non-hydrogen) atoms. The van der Waals surface area contributed by atoms with Crippen LogP contribution in [0.15, 0.2) is 77.7 Å². The van der Waals surface area contributed by atoms with E-state index in [1.165, 1.54) is 60.7 Å². The maximum Gasteiger partial charge on any atom is 0.261 e. The van der Waals surface area contributed by atoms with Crippen LogP contribution in [0.25, 0.3) is 6.08 Å². The van der Waals surface area contributed by atoms with E-state index < -0.39 is 10.0 Å². The molecule has 148 valence electrons. The molecule has 8 heteroatoms. The zero-order chi connectivity index (χ0) is 21.0. The molecule has 7 nitrogen and oxygen atoms in total. The Balaban J connectivity index is 1.71. The molecule has 0 spiro atoms. The molecule has 0 aliphatic carbocycles. The predicted octanol–water partition coefficient (Wildman–Crippen LogP) is 3.38. The van der Waals surface area contributed by atoms with Crippen LogP contribution in [0.1, 0.15) is 15.9 Å². The largest absolute Gasteiger partial charge is 0.504 e. The lowest BCUT2D eigenvalue weighted by Gasteiger charge is -2.09. The summed E-state index contributed by atoms with van der Waals surface area (Å²) in [5.74, 6) is -0.830. The Hall–Kier alpha value is -3.78. The smallest absolute Gasteiger partial charge is 0.261 e. The molecule has 3 aromatic rings.